The molecule has 0 heterocycles. The normalized spacial score (nSPS) is 10.8. The molecule has 0 spiro atoms. The molecule has 6 heteroatoms. The van der Waals surface area contributed by atoms with Crippen molar-refractivity contribution in [2.75, 3.05) is 0 Å². The van der Waals surface area contributed by atoms with Crippen molar-refractivity contribution < 1.29 is 18.3 Å². The fourth-order valence-electron chi connectivity index (χ4n) is 1.76. The first-order valence-electron chi connectivity index (χ1n) is 5.54. The first-order valence-corrected chi connectivity index (χ1v) is 6.99. The molecule has 0 amide bonds. The SMILES string of the molecule is O=C(O)C=CC(c1ccc2cc(Cl)ccc2c1)=S(=O)=O. The van der Waals surface area contributed by atoms with Crippen molar-refractivity contribution >= 4 is 43.5 Å². The molecule has 2 aromatic carbocycles. The highest BCUT2D eigenvalue weighted by atomic mass is 35.5. The zero-order chi connectivity index (χ0) is 14.7. The smallest absolute Gasteiger partial charge is 0.328 e. The lowest BCUT2D eigenvalue weighted by atomic mass is 10.0. The zero-order valence-electron chi connectivity index (χ0n) is 10.1. The topological polar surface area (TPSA) is 71.4 Å². The van der Waals surface area contributed by atoms with E-state index in [-0.39, 0.29) is 4.86 Å². The Morgan fingerprint density at radius 3 is 2.35 bits per heavy atom. The molecule has 0 radical (unpaired) electrons. The molecule has 4 nitrogen and oxygen atoms in total. The van der Waals surface area contributed by atoms with Crippen molar-refractivity contribution in [3.05, 3.63) is 59.1 Å². The minimum absolute atomic E-state index is 0.0794. The van der Waals surface area contributed by atoms with E-state index >= 15 is 0 Å². The maximum atomic E-state index is 11.2. The Hall–Kier alpha value is -2.11. The Morgan fingerprint density at radius 1 is 1.05 bits per heavy atom. The molecule has 2 aromatic rings. The van der Waals surface area contributed by atoms with E-state index in [1.807, 2.05) is 0 Å². The van der Waals surface area contributed by atoms with Gasteiger partial charge in [-0.05, 0) is 40.6 Å². The summed E-state index contributed by atoms with van der Waals surface area (Å²) in [5, 5.41) is 10.9. The van der Waals surface area contributed by atoms with Crippen LogP contribution >= 0.6 is 11.6 Å². The van der Waals surface area contributed by atoms with Gasteiger partial charge in [-0.15, -0.1) is 0 Å². The second kappa shape index (κ2) is 5.90. The molecule has 0 unspecified atom stereocenters. The van der Waals surface area contributed by atoms with Crippen LogP contribution in [0, 0.1) is 0 Å². The van der Waals surface area contributed by atoms with Gasteiger partial charge in [-0.3, -0.25) is 0 Å². The predicted octanol–water partition coefficient (Wildman–Crippen LogP) is 2.53. The van der Waals surface area contributed by atoms with E-state index in [9.17, 15) is 13.2 Å². The first-order chi connectivity index (χ1) is 9.47. The van der Waals surface area contributed by atoms with Crippen LogP contribution in [-0.2, 0) is 15.1 Å². The largest absolute Gasteiger partial charge is 0.478 e. The van der Waals surface area contributed by atoms with Gasteiger partial charge in [0.2, 0.25) is 10.3 Å². The minimum atomic E-state index is -2.53. The van der Waals surface area contributed by atoms with Gasteiger partial charge in [-0.25, -0.2) is 4.79 Å². The molecule has 0 aliphatic rings. The summed E-state index contributed by atoms with van der Waals surface area (Å²) >= 11 is 5.88. The molecular weight excluding hydrogens is 300 g/mol. The number of fused-ring (bicyclic) bond motifs is 1. The van der Waals surface area contributed by atoms with Gasteiger partial charge >= 0.3 is 5.97 Å². The van der Waals surface area contributed by atoms with Gasteiger partial charge in [0.15, 0.2) is 0 Å². The molecule has 20 heavy (non-hydrogen) atoms. The summed E-state index contributed by atoms with van der Waals surface area (Å²) in [6, 6.07) is 10.3. The molecule has 0 atom stereocenters. The van der Waals surface area contributed by atoms with Gasteiger partial charge in [-0.1, -0.05) is 29.8 Å². The van der Waals surface area contributed by atoms with Gasteiger partial charge in [-0.2, -0.15) is 8.42 Å². The molecule has 0 saturated carbocycles. The van der Waals surface area contributed by atoms with Crippen molar-refractivity contribution in [3.63, 3.8) is 0 Å². The molecule has 1 N–H and O–H groups in total. The van der Waals surface area contributed by atoms with Crippen LogP contribution in [0.25, 0.3) is 10.8 Å². The van der Waals surface area contributed by atoms with E-state index in [4.69, 9.17) is 16.7 Å². The number of halogens is 1. The predicted molar refractivity (Wildman–Crippen MR) is 78.8 cm³/mol. The van der Waals surface area contributed by atoms with E-state index in [2.05, 4.69) is 0 Å². The molecule has 0 fully saturated rings. The van der Waals surface area contributed by atoms with Gasteiger partial charge in [0.1, 0.15) is 4.86 Å². The molecule has 0 aliphatic heterocycles. The molecule has 0 bridgehead atoms. The highest BCUT2D eigenvalue weighted by Gasteiger charge is 2.05. The maximum absolute atomic E-state index is 11.2. The second-order valence-electron chi connectivity index (χ2n) is 3.98. The number of rotatable bonds is 3. The van der Waals surface area contributed by atoms with Crippen LogP contribution in [0.1, 0.15) is 5.56 Å². The fraction of sp³-hybridized carbons (Fsp3) is 0. The van der Waals surface area contributed by atoms with Gasteiger partial charge in [0, 0.05) is 11.1 Å². The molecular formula is C14H9ClO4S. The average molecular weight is 309 g/mol. The second-order valence-corrected chi connectivity index (χ2v) is 5.32. The number of hydrogen-bond donors (Lipinski definition) is 1. The number of carboxylic acids is 1. The Morgan fingerprint density at radius 2 is 1.70 bits per heavy atom. The Balaban J connectivity index is 2.59. The van der Waals surface area contributed by atoms with Crippen LogP contribution in [0.5, 0.6) is 0 Å². The number of allylic oxidation sites excluding steroid dienone is 1. The summed E-state index contributed by atoms with van der Waals surface area (Å²) in [6.45, 7) is 0. The van der Waals surface area contributed by atoms with E-state index in [1.54, 1.807) is 36.4 Å². The minimum Gasteiger partial charge on any atom is -0.478 e. The van der Waals surface area contributed by atoms with Crippen molar-refractivity contribution in [3.8, 4) is 0 Å². The summed E-state index contributed by atoms with van der Waals surface area (Å²) < 4.78 is 22.4. The molecule has 2 rings (SSSR count). The van der Waals surface area contributed by atoms with Gasteiger partial charge in [0.25, 0.3) is 0 Å². The summed E-state index contributed by atoms with van der Waals surface area (Å²) in [5.41, 5.74) is 0.422. The van der Waals surface area contributed by atoms with E-state index in [1.165, 1.54) is 0 Å². The summed E-state index contributed by atoms with van der Waals surface area (Å²) in [7, 11) is -2.53. The average Bonchev–Trinajstić information content (AvgIpc) is 2.38. The Labute approximate surface area is 121 Å². The molecule has 0 aromatic heterocycles. The van der Waals surface area contributed by atoms with Crippen molar-refractivity contribution in [1.29, 1.82) is 0 Å². The van der Waals surface area contributed by atoms with Crippen LogP contribution in [-0.4, -0.2) is 24.4 Å². The number of carboxylic acid groups (broad SMARTS) is 1. The third-order valence-corrected chi connectivity index (χ3v) is 3.61. The van der Waals surface area contributed by atoms with Crippen molar-refractivity contribution in [1.82, 2.24) is 0 Å². The van der Waals surface area contributed by atoms with Crippen LogP contribution in [0.3, 0.4) is 0 Å². The van der Waals surface area contributed by atoms with Crippen LogP contribution in [0.2, 0.25) is 5.02 Å². The van der Waals surface area contributed by atoms with Gasteiger partial charge in [0.05, 0.1) is 0 Å². The van der Waals surface area contributed by atoms with Crippen molar-refractivity contribution in [2.24, 2.45) is 0 Å². The van der Waals surface area contributed by atoms with E-state index < -0.39 is 16.3 Å². The van der Waals surface area contributed by atoms with E-state index in [0.717, 1.165) is 22.9 Å². The zero-order valence-corrected chi connectivity index (χ0v) is 11.6. The highest BCUT2D eigenvalue weighted by molar-refractivity contribution is 7.73. The quantitative estimate of drug-likeness (QED) is 0.537. The van der Waals surface area contributed by atoms with Crippen molar-refractivity contribution in [2.45, 2.75) is 0 Å². The lowest BCUT2D eigenvalue weighted by Crippen LogP contribution is -2.00. The number of hydrogen-bond acceptors (Lipinski definition) is 3. The Kier molecular flexibility index (Phi) is 4.22. The number of aliphatic carboxylic acids is 1. The maximum Gasteiger partial charge on any atom is 0.328 e. The van der Waals surface area contributed by atoms with Crippen LogP contribution < -0.4 is 0 Å². The standard InChI is InChI=1S/C14H9ClO4S/c15-12-4-3-9-7-11(2-1-10(9)8-12)13(20(18)19)5-6-14(16)17/h1-8H,(H,16,17). The third-order valence-electron chi connectivity index (χ3n) is 2.64. The fourth-order valence-corrected chi connectivity index (χ4v) is 2.44. The molecule has 102 valence electrons. The lowest BCUT2D eigenvalue weighted by Gasteiger charge is -2.02. The number of carbonyl (C=O) groups is 1. The van der Waals surface area contributed by atoms with Gasteiger partial charge < -0.3 is 5.11 Å². The third kappa shape index (κ3) is 3.26. The first kappa shape index (κ1) is 14.3. The summed E-state index contributed by atoms with van der Waals surface area (Å²) in [5.74, 6) is -1.21. The lowest BCUT2D eigenvalue weighted by molar-refractivity contribution is -0.131. The molecule has 0 aliphatic carbocycles. The summed E-state index contributed by atoms with van der Waals surface area (Å²) in [6.07, 6.45) is 1.85. The van der Waals surface area contributed by atoms with Crippen LogP contribution in [0.4, 0.5) is 0 Å². The Bertz CT molecular complexity index is 843. The summed E-state index contributed by atoms with van der Waals surface area (Å²) in [4.78, 5) is 10.4. The highest BCUT2D eigenvalue weighted by Crippen LogP contribution is 2.21. The van der Waals surface area contributed by atoms with E-state index in [0.29, 0.717) is 10.6 Å². The number of benzene rings is 2. The van der Waals surface area contributed by atoms with Crippen LogP contribution in [0.15, 0.2) is 48.6 Å². The molecule has 0 saturated heterocycles. The monoisotopic (exact) mass is 308 g/mol.